The number of hydrogen-bond acceptors (Lipinski definition) is 1. The molecule has 0 aliphatic heterocycles. The first-order valence-corrected chi connectivity index (χ1v) is 19.2. The van der Waals surface area contributed by atoms with Gasteiger partial charge in [-0.15, -0.1) is 0 Å². The van der Waals surface area contributed by atoms with Crippen molar-refractivity contribution in [3.63, 3.8) is 0 Å². The summed E-state index contributed by atoms with van der Waals surface area (Å²) in [5, 5.41) is 1.17. The number of para-hydroxylation sites is 1. The van der Waals surface area contributed by atoms with E-state index in [1.807, 2.05) is 0 Å². The van der Waals surface area contributed by atoms with Crippen molar-refractivity contribution in [2.75, 3.05) is 0 Å². The van der Waals surface area contributed by atoms with Crippen molar-refractivity contribution in [1.29, 1.82) is 0 Å². The Morgan fingerprint density at radius 3 is 1.72 bits per heavy atom. The summed E-state index contributed by atoms with van der Waals surface area (Å²) in [5.74, 6) is 0. The van der Waals surface area contributed by atoms with E-state index in [1.54, 1.807) is 0 Å². The fraction of sp³-hybridized carbons (Fsp3) is 0.0755. The van der Waals surface area contributed by atoms with Gasteiger partial charge in [0.1, 0.15) is 0 Å². The monoisotopic (exact) mass is 685 g/mol. The largest absolute Gasteiger partial charge is 0.248 e. The van der Waals surface area contributed by atoms with Gasteiger partial charge in [0, 0.05) is 10.9 Å². The van der Waals surface area contributed by atoms with Crippen LogP contribution >= 0.6 is 0 Å². The van der Waals surface area contributed by atoms with Crippen LogP contribution in [-0.4, -0.2) is 4.98 Å². The van der Waals surface area contributed by atoms with Crippen molar-refractivity contribution in [1.82, 2.24) is 4.98 Å². The Bertz CT molecular complexity index is 2900. The van der Waals surface area contributed by atoms with Gasteiger partial charge in [0.2, 0.25) is 0 Å². The lowest BCUT2D eigenvalue weighted by Gasteiger charge is -2.50. The lowest BCUT2D eigenvalue weighted by atomic mass is 9.51. The Morgan fingerprint density at radius 1 is 0.426 bits per heavy atom. The molecule has 12 rings (SSSR count). The number of benzene rings is 7. The Balaban J connectivity index is 1.30. The molecule has 8 aromatic rings. The van der Waals surface area contributed by atoms with Crippen molar-refractivity contribution in [3.05, 3.63) is 238 Å². The smallest absolute Gasteiger partial charge is 0.0726 e. The first-order valence-electron chi connectivity index (χ1n) is 19.2. The third-order valence-electron chi connectivity index (χ3n) is 12.9. The van der Waals surface area contributed by atoms with Crippen LogP contribution in [0.5, 0.6) is 0 Å². The Morgan fingerprint density at radius 2 is 0.981 bits per heavy atom. The van der Waals surface area contributed by atoms with Gasteiger partial charge in [-0.2, -0.15) is 0 Å². The summed E-state index contributed by atoms with van der Waals surface area (Å²) in [5.41, 5.74) is 21.0. The lowest BCUT2D eigenvalue weighted by molar-refractivity contribution is 0.607. The van der Waals surface area contributed by atoms with Gasteiger partial charge in [0.05, 0.1) is 22.0 Å². The molecular formula is C53H35N. The number of aromatic nitrogens is 1. The fourth-order valence-corrected chi connectivity index (χ4v) is 11.0. The van der Waals surface area contributed by atoms with E-state index in [-0.39, 0.29) is 0 Å². The average molecular weight is 686 g/mol. The summed E-state index contributed by atoms with van der Waals surface area (Å²) in [4.78, 5) is 5.58. The molecule has 0 N–H and O–H groups in total. The number of nitrogens with zero attached hydrogens (tertiary/aromatic N) is 1. The van der Waals surface area contributed by atoms with Crippen molar-refractivity contribution >= 4 is 16.5 Å². The number of pyridine rings is 1. The zero-order chi connectivity index (χ0) is 35.4. The van der Waals surface area contributed by atoms with Gasteiger partial charge in [-0.3, -0.25) is 0 Å². The minimum Gasteiger partial charge on any atom is -0.248 e. The maximum Gasteiger partial charge on any atom is 0.0726 e. The van der Waals surface area contributed by atoms with Crippen LogP contribution < -0.4 is 0 Å². The molecule has 2 spiro atoms. The molecule has 0 saturated heterocycles. The molecule has 1 unspecified atom stereocenters. The van der Waals surface area contributed by atoms with Crippen LogP contribution in [0.15, 0.2) is 194 Å². The topological polar surface area (TPSA) is 12.9 Å². The highest BCUT2D eigenvalue weighted by Crippen LogP contribution is 2.68. The van der Waals surface area contributed by atoms with Gasteiger partial charge < -0.3 is 0 Å². The minimum atomic E-state index is -0.566. The van der Waals surface area contributed by atoms with Gasteiger partial charge in [0.25, 0.3) is 0 Å². The maximum absolute atomic E-state index is 5.58. The Kier molecular flexibility index (Phi) is 6.09. The second kappa shape index (κ2) is 11.0. The molecule has 0 saturated carbocycles. The van der Waals surface area contributed by atoms with Crippen LogP contribution in [0.3, 0.4) is 0 Å². The van der Waals surface area contributed by atoms with E-state index < -0.39 is 10.8 Å². The third kappa shape index (κ3) is 3.62. The first-order chi connectivity index (χ1) is 26.8. The average Bonchev–Trinajstić information content (AvgIpc) is 3.71. The maximum atomic E-state index is 5.58. The zero-order valence-corrected chi connectivity index (χ0v) is 29.8. The molecule has 54 heavy (non-hydrogen) atoms. The SMILES string of the molecule is C1=CC2=C(CC1)C1(c3ccccc32)c2ccccc2C2(c3ccccc3-c3ccccc32)c2c(-c3cc(-c4ccccc4)c4ccccc4n3)cccc21. The standard InChI is InChI=1S/C53H35N/c1-2-17-34(18-3-1)41-33-50(54-49-32-15-8-23-39(41)49)40-24-16-31-48-51(40)53(44-27-11-6-21-37(44)38-22-7-12-28-45(38)53)47-30-14-13-29-46(47)52(48)42-25-9-4-19-35(42)36-20-5-10-26-43(36)52/h1-9,11-25,27-33H,10,26H2. The molecule has 1 aromatic heterocycles. The number of hydrogen-bond donors (Lipinski definition) is 0. The highest BCUT2D eigenvalue weighted by Gasteiger charge is 2.60. The molecule has 4 aliphatic rings. The van der Waals surface area contributed by atoms with Crippen LogP contribution in [-0.2, 0) is 10.8 Å². The van der Waals surface area contributed by atoms with Crippen LogP contribution in [0, 0.1) is 0 Å². The van der Waals surface area contributed by atoms with E-state index in [0.29, 0.717) is 0 Å². The molecule has 4 aliphatic carbocycles. The summed E-state index contributed by atoms with van der Waals surface area (Å²) in [6, 6.07) is 65.9. The van der Waals surface area contributed by atoms with E-state index in [4.69, 9.17) is 4.98 Å². The van der Waals surface area contributed by atoms with E-state index in [2.05, 4.69) is 188 Å². The van der Waals surface area contributed by atoms with Crippen LogP contribution in [0.25, 0.3) is 50.0 Å². The van der Waals surface area contributed by atoms with Gasteiger partial charge in [-0.05, 0) is 103 Å². The van der Waals surface area contributed by atoms with Gasteiger partial charge in [0.15, 0.2) is 0 Å². The van der Waals surface area contributed by atoms with Gasteiger partial charge in [-0.25, -0.2) is 4.98 Å². The van der Waals surface area contributed by atoms with Gasteiger partial charge in [-0.1, -0.05) is 176 Å². The summed E-state index contributed by atoms with van der Waals surface area (Å²) in [6.45, 7) is 0. The molecule has 1 heteroatoms. The number of fused-ring (bicyclic) bond motifs is 16. The van der Waals surface area contributed by atoms with E-state index >= 15 is 0 Å². The molecular weight excluding hydrogens is 651 g/mol. The minimum absolute atomic E-state index is 0.449. The molecule has 0 fully saturated rings. The molecule has 252 valence electrons. The van der Waals surface area contributed by atoms with Crippen LogP contribution in [0.1, 0.15) is 57.3 Å². The van der Waals surface area contributed by atoms with Crippen molar-refractivity contribution in [2.45, 2.75) is 23.7 Å². The van der Waals surface area contributed by atoms with Crippen LogP contribution in [0.2, 0.25) is 0 Å². The van der Waals surface area contributed by atoms with E-state index in [1.165, 1.54) is 88.9 Å². The lowest BCUT2D eigenvalue weighted by Crippen LogP contribution is -2.44. The normalized spacial score (nSPS) is 17.9. The highest BCUT2D eigenvalue weighted by atomic mass is 14.7. The number of allylic oxidation sites excluding steroid dienone is 4. The summed E-state index contributed by atoms with van der Waals surface area (Å²) < 4.78 is 0. The fourth-order valence-electron chi connectivity index (χ4n) is 11.0. The molecule has 0 radical (unpaired) electrons. The summed E-state index contributed by atoms with van der Waals surface area (Å²) >= 11 is 0. The number of rotatable bonds is 2. The van der Waals surface area contributed by atoms with Crippen LogP contribution in [0.4, 0.5) is 0 Å². The molecule has 1 atom stereocenters. The Labute approximate surface area is 315 Å². The highest BCUT2D eigenvalue weighted by molar-refractivity contribution is 6.00. The van der Waals surface area contributed by atoms with E-state index in [0.717, 1.165) is 24.1 Å². The molecule has 1 heterocycles. The predicted octanol–water partition coefficient (Wildman–Crippen LogP) is 12.7. The quantitative estimate of drug-likeness (QED) is 0.176. The second-order valence-corrected chi connectivity index (χ2v) is 15.2. The first kappa shape index (κ1) is 29.9. The van der Waals surface area contributed by atoms with Gasteiger partial charge >= 0.3 is 0 Å². The summed E-state index contributed by atoms with van der Waals surface area (Å²) in [6.07, 6.45) is 6.83. The Hall–Kier alpha value is -6.57. The predicted molar refractivity (Wildman–Crippen MR) is 222 cm³/mol. The molecule has 0 amide bonds. The van der Waals surface area contributed by atoms with Crippen molar-refractivity contribution < 1.29 is 0 Å². The zero-order valence-electron chi connectivity index (χ0n) is 29.8. The summed E-state index contributed by atoms with van der Waals surface area (Å²) in [7, 11) is 0. The van der Waals surface area contributed by atoms with E-state index in [9.17, 15) is 0 Å². The molecule has 7 aromatic carbocycles. The third-order valence-corrected chi connectivity index (χ3v) is 12.9. The van der Waals surface area contributed by atoms with Crippen molar-refractivity contribution in [2.24, 2.45) is 0 Å². The molecule has 1 nitrogen and oxygen atoms in total. The molecule has 0 bridgehead atoms. The van der Waals surface area contributed by atoms with Crippen molar-refractivity contribution in [3.8, 4) is 33.5 Å². The second-order valence-electron chi connectivity index (χ2n) is 15.2.